The molecule has 0 fully saturated rings. The number of nitrogens with one attached hydrogen (secondary N) is 1. The number of amidine groups is 1. The lowest BCUT2D eigenvalue weighted by Crippen LogP contribution is -2.44. The molecular weight excluding hydrogens is 268 g/mol. The van der Waals surface area contributed by atoms with Gasteiger partial charge in [0, 0.05) is 5.25 Å². The van der Waals surface area contributed by atoms with Gasteiger partial charge < -0.3 is 5.32 Å². The third-order valence-corrected chi connectivity index (χ3v) is 3.99. The van der Waals surface area contributed by atoms with E-state index in [0.29, 0.717) is 10.4 Å². The molecule has 0 spiro atoms. The van der Waals surface area contributed by atoms with E-state index in [1.807, 2.05) is 50.3 Å². The van der Waals surface area contributed by atoms with Crippen LogP contribution in [0.25, 0.3) is 6.08 Å². The van der Waals surface area contributed by atoms with Gasteiger partial charge in [-0.1, -0.05) is 55.9 Å². The van der Waals surface area contributed by atoms with Gasteiger partial charge in [-0.25, -0.2) is 4.99 Å². The number of thioether (sulfide) groups is 1. The van der Waals surface area contributed by atoms with Crippen molar-refractivity contribution in [3.8, 4) is 0 Å². The lowest BCUT2D eigenvalue weighted by Gasteiger charge is -2.30. The van der Waals surface area contributed by atoms with E-state index in [1.165, 1.54) is 0 Å². The zero-order valence-electron chi connectivity index (χ0n) is 12.3. The second-order valence-corrected chi connectivity index (χ2v) is 7.17. The number of carbonyl (C=O) groups is 1. The number of aliphatic imine (C=N–C) groups is 1. The average Bonchev–Trinajstić information content (AvgIpc) is 2.36. The molecule has 3 nitrogen and oxygen atoms in total. The van der Waals surface area contributed by atoms with Crippen molar-refractivity contribution in [3.63, 3.8) is 0 Å². The van der Waals surface area contributed by atoms with Crippen LogP contribution in [0.3, 0.4) is 0 Å². The predicted molar refractivity (Wildman–Crippen MR) is 86.5 cm³/mol. The molecule has 0 aromatic heterocycles. The minimum absolute atomic E-state index is 0.00201. The maximum Gasteiger partial charge on any atom is 0.237 e. The average molecular weight is 288 g/mol. The summed E-state index contributed by atoms with van der Waals surface area (Å²) in [5, 5.41) is 3.96. The van der Waals surface area contributed by atoms with E-state index in [2.05, 4.69) is 24.2 Å². The van der Waals surface area contributed by atoms with E-state index < -0.39 is 5.41 Å². The second kappa shape index (κ2) is 5.83. The number of benzene rings is 1. The van der Waals surface area contributed by atoms with Crippen LogP contribution in [0.2, 0.25) is 0 Å². The predicted octanol–water partition coefficient (Wildman–Crippen LogP) is 3.68. The maximum atomic E-state index is 12.3. The van der Waals surface area contributed by atoms with E-state index in [-0.39, 0.29) is 5.91 Å². The molecule has 0 saturated carbocycles. The Bertz CT molecular complexity index is 559. The van der Waals surface area contributed by atoms with Crippen LogP contribution in [0.5, 0.6) is 0 Å². The Hall–Kier alpha value is -1.55. The Morgan fingerprint density at radius 2 is 1.90 bits per heavy atom. The van der Waals surface area contributed by atoms with Crippen LogP contribution < -0.4 is 5.32 Å². The van der Waals surface area contributed by atoms with E-state index in [4.69, 9.17) is 0 Å². The molecule has 0 atom stereocenters. The van der Waals surface area contributed by atoms with Crippen LogP contribution in [0.15, 0.2) is 41.0 Å². The van der Waals surface area contributed by atoms with E-state index in [9.17, 15) is 4.79 Å². The van der Waals surface area contributed by atoms with Crippen molar-refractivity contribution in [1.82, 2.24) is 5.32 Å². The van der Waals surface area contributed by atoms with E-state index in [0.717, 1.165) is 11.3 Å². The molecule has 4 heteroatoms. The maximum absolute atomic E-state index is 12.3. The Morgan fingerprint density at radius 1 is 1.25 bits per heavy atom. The molecule has 0 bridgehead atoms. The fourth-order valence-electron chi connectivity index (χ4n) is 1.85. The lowest BCUT2D eigenvalue weighted by atomic mass is 9.86. The van der Waals surface area contributed by atoms with Crippen molar-refractivity contribution in [2.75, 3.05) is 0 Å². The third kappa shape index (κ3) is 3.31. The number of rotatable bonds is 2. The minimum Gasteiger partial charge on any atom is -0.304 e. The van der Waals surface area contributed by atoms with Gasteiger partial charge in [-0.05, 0) is 25.5 Å². The van der Waals surface area contributed by atoms with Gasteiger partial charge in [-0.15, -0.1) is 0 Å². The smallest absolute Gasteiger partial charge is 0.237 e. The van der Waals surface area contributed by atoms with Crippen molar-refractivity contribution < 1.29 is 4.79 Å². The summed E-state index contributed by atoms with van der Waals surface area (Å²) in [5.41, 5.74) is 1.25. The molecule has 1 aromatic carbocycles. The summed E-state index contributed by atoms with van der Waals surface area (Å²) < 4.78 is 0. The highest BCUT2D eigenvalue weighted by molar-refractivity contribution is 8.14. The van der Waals surface area contributed by atoms with Crippen molar-refractivity contribution in [2.24, 2.45) is 10.4 Å². The van der Waals surface area contributed by atoms with Gasteiger partial charge >= 0.3 is 0 Å². The van der Waals surface area contributed by atoms with Gasteiger partial charge in [0.15, 0.2) is 5.17 Å². The quantitative estimate of drug-likeness (QED) is 0.902. The number of nitrogens with zero attached hydrogens (tertiary/aromatic N) is 1. The van der Waals surface area contributed by atoms with E-state index in [1.54, 1.807) is 11.8 Å². The molecule has 106 valence electrons. The first-order valence-corrected chi connectivity index (χ1v) is 7.61. The molecule has 0 aliphatic carbocycles. The first-order valence-electron chi connectivity index (χ1n) is 6.73. The molecule has 1 N–H and O–H groups in total. The highest BCUT2D eigenvalue weighted by Gasteiger charge is 2.36. The lowest BCUT2D eigenvalue weighted by molar-refractivity contribution is -0.126. The van der Waals surface area contributed by atoms with Crippen LogP contribution in [-0.2, 0) is 4.79 Å². The summed E-state index contributed by atoms with van der Waals surface area (Å²) in [4.78, 5) is 16.9. The van der Waals surface area contributed by atoms with Gasteiger partial charge in [0.1, 0.15) is 0 Å². The van der Waals surface area contributed by atoms with E-state index >= 15 is 0 Å². The van der Waals surface area contributed by atoms with Crippen LogP contribution in [0.1, 0.15) is 33.3 Å². The topological polar surface area (TPSA) is 41.5 Å². The SMILES string of the molecule is CC(C)SC1=N/C(=C/c2ccccc2)C(C)(C)C(=O)N1. The fraction of sp³-hybridized carbons (Fsp3) is 0.375. The van der Waals surface area contributed by atoms with Crippen LogP contribution in [0.4, 0.5) is 0 Å². The van der Waals surface area contributed by atoms with Crippen LogP contribution >= 0.6 is 11.8 Å². The first kappa shape index (κ1) is 14.9. The summed E-state index contributed by atoms with van der Waals surface area (Å²) in [6, 6.07) is 9.97. The summed E-state index contributed by atoms with van der Waals surface area (Å²) in [6.07, 6.45) is 1.99. The minimum atomic E-state index is -0.614. The molecule has 0 unspecified atom stereocenters. The summed E-state index contributed by atoms with van der Waals surface area (Å²) >= 11 is 1.57. The fourth-order valence-corrected chi connectivity index (χ4v) is 2.59. The molecule has 1 aliphatic rings. The van der Waals surface area contributed by atoms with Gasteiger partial charge in [0.05, 0.1) is 11.1 Å². The number of hydrogen-bond donors (Lipinski definition) is 1. The van der Waals surface area contributed by atoms with Crippen LogP contribution in [0, 0.1) is 5.41 Å². The Kier molecular flexibility index (Phi) is 4.33. The molecule has 20 heavy (non-hydrogen) atoms. The molecule has 1 aromatic rings. The van der Waals surface area contributed by atoms with Gasteiger partial charge in [0.2, 0.25) is 5.91 Å². The summed E-state index contributed by atoms with van der Waals surface area (Å²) in [7, 11) is 0. The number of amides is 1. The zero-order chi connectivity index (χ0) is 14.8. The monoisotopic (exact) mass is 288 g/mol. The molecule has 1 amide bonds. The highest BCUT2D eigenvalue weighted by Crippen LogP contribution is 2.33. The van der Waals surface area contributed by atoms with Crippen molar-refractivity contribution in [3.05, 3.63) is 41.6 Å². The second-order valence-electron chi connectivity index (χ2n) is 5.60. The van der Waals surface area contributed by atoms with Crippen molar-refractivity contribution in [2.45, 2.75) is 32.9 Å². The Morgan fingerprint density at radius 3 is 2.50 bits per heavy atom. The molecular formula is C16H20N2OS. The van der Waals surface area contributed by atoms with Crippen molar-refractivity contribution in [1.29, 1.82) is 0 Å². The molecule has 0 radical (unpaired) electrons. The Balaban J connectivity index is 2.40. The molecule has 1 aliphatic heterocycles. The van der Waals surface area contributed by atoms with Gasteiger partial charge in [0.25, 0.3) is 0 Å². The first-order chi connectivity index (χ1) is 9.39. The Labute approximate surface area is 124 Å². The molecule has 0 saturated heterocycles. The van der Waals surface area contributed by atoms with Crippen LogP contribution in [-0.4, -0.2) is 16.3 Å². The normalized spacial score (nSPS) is 19.9. The van der Waals surface area contributed by atoms with Crippen molar-refractivity contribution >= 4 is 28.9 Å². The number of hydrogen-bond acceptors (Lipinski definition) is 3. The summed E-state index contributed by atoms with van der Waals surface area (Å²) in [6.45, 7) is 7.97. The number of carbonyl (C=O) groups excluding carboxylic acids is 1. The van der Waals surface area contributed by atoms with Gasteiger partial charge in [-0.2, -0.15) is 0 Å². The molecule has 2 rings (SSSR count). The zero-order valence-corrected chi connectivity index (χ0v) is 13.1. The highest BCUT2D eigenvalue weighted by atomic mass is 32.2. The largest absolute Gasteiger partial charge is 0.304 e. The third-order valence-electron chi connectivity index (χ3n) is 3.10. The summed E-state index contributed by atoms with van der Waals surface area (Å²) in [5.74, 6) is -0.00201. The van der Waals surface area contributed by atoms with Gasteiger partial charge in [-0.3, -0.25) is 4.79 Å². The molecule has 1 heterocycles. The standard InChI is InChI=1S/C16H20N2OS/c1-11(2)20-15-17-13(16(3,4)14(19)18-15)10-12-8-6-5-7-9-12/h5-11H,1-4H3,(H,17,18,19)/b13-10+.